The number of carbonyl (C=O) groups is 1. The topological polar surface area (TPSA) is 89.1 Å². The maximum atomic E-state index is 10.5. The van der Waals surface area contributed by atoms with E-state index in [1.807, 2.05) is 6.92 Å². The summed E-state index contributed by atoms with van der Waals surface area (Å²) in [6.45, 7) is 1.81. The van der Waals surface area contributed by atoms with Crippen molar-refractivity contribution in [3.8, 4) is 0 Å². The number of nitrogens with zero attached hydrogens (tertiary/aromatic N) is 3. The van der Waals surface area contributed by atoms with Crippen molar-refractivity contribution in [2.75, 3.05) is 0 Å². The molecule has 0 amide bonds. The van der Waals surface area contributed by atoms with Gasteiger partial charge < -0.3 is 9.52 Å². The van der Waals surface area contributed by atoms with Crippen LogP contribution >= 0.6 is 11.8 Å². The summed E-state index contributed by atoms with van der Waals surface area (Å²) in [6.07, 6.45) is 1.53. The monoisotopic (exact) mass is 237 g/mol. The van der Waals surface area contributed by atoms with Crippen LogP contribution in [0, 0.1) is 6.92 Å². The van der Waals surface area contributed by atoms with Gasteiger partial charge in [-0.15, -0.1) is 10.2 Å². The lowest BCUT2D eigenvalue weighted by molar-refractivity contribution is 0.0689. The van der Waals surface area contributed by atoms with Crippen molar-refractivity contribution in [1.29, 1.82) is 0 Å². The van der Waals surface area contributed by atoms with Gasteiger partial charge in [0.05, 0.1) is 5.69 Å². The van der Waals surface area contributed by atoms with Crippen molar-refractivity contribution >= 4 is 17.7 Å². The molecule has 0 fully saturated rings. The van der Waals surface area contributed by atoms with Crippen molar-refractivity contribution in [1.82, 2.24) is 15.2 Å². The zero-order valence-electron chi connectivity index (χ0n) is 8.25. The van der Waals surface area contributed by atoms with Gasteiger partial charge in [0.25, 0.3) is 5.22 Å². The number of aromatic carboxylic acids is 1. The molecule has 1 N–H and O–H groups in total. The second kappa shape index (κ2) is 4.31. The minimum atomic E-state index is -1.10. The van der Waals surface area contributed by atoms with Crippen LogP contribution in [0.15, 0.2) is 33.1 Å². The molecule has 0 aromatic carbocycles. The van der Waals surface area contributed by atoms with Gasteiger partial charge in [0.1, 0.15) is 11.3 Å². The van der Waals surface area contributed by atoms with Crippen LogP contribution in [0.4, 0.5) is 0 Å². The van der Waals surface area contributed by atoms with E-state index in [-0.39, 0.29) is 5.69 Å². The maximum absolute atomic E-state index is 10.5. The summed E-state index contributed by atoms with van der Waals surface area (Å²) < 4.78 is 5.11. The SMILES string of the molecule is Cc1coc(Sc2ccc(C(=O)O)nn2)n1. The molecule has 0 unspecified atom stereocenters. The quantitative estimate of drug-likeness (QED) is 0.867. The first-order valence-electron chi connectivity index (χ1n) is 4.32. The number of oxazole rings is 1. The highest BCUT2D eigenvalue weighted by molar-refractivity contribution is 7.99. The Hall–Kier alpha value is -1.89. The van der Waals surface area contributed by atoms with E-state index in [9.17, 15) is 4.79 Å². The van der Waals surface area contributed by atoms with Crippen molar-refractivity contribution < 1.29 is 14.3 Å². The minimum Gasteiger partial charge on any atom is -0.476 e. The lowest BCUT2D eigenvalue weighted by Crippen LogP contribution is -2.01. The Morgan fingerprint density at radius 3 is 2.75 bits per heavy atom. The lowest BCUT2D eigenvalue weighted by atomic mass is 10.4. The first-order chi connectivity index (χ1) is 7.65. The van der Waals surface area contributed by atoms with Crippen LogP contribution in [-0.2, 0) is 0 Å². The predicted molar refractivity (Wildman–Crippen MR) is 54.4 cm³/mol. The highest BCUT2D eigenvalue weighted by atomic mass is 32.2. The number of hydrogen-bond acceptors (Lipinski definition) is 6. The summed E-state index contributed by atoms with van der Waals surface area (Å²) in [5.74, 6) is -1.10. The zero-order chi connectivity index (χ0) is 11.5. The van der Waals surface area contributed by atoms with Crippen LogP contribution in [-0.4, -0.2) is 26.3 Å². The van der Waals surface area contributed by atoms with Gasteiger partial charge in [-0.25, -0.2) is 9.78 Å². The van der Waals surface area contributed by atoms with Crippen molar-refractivity contribution in [3.63, 3.8) is 0 Å². The van der Waals surface area contributed by atoms with Gasteiger partial charge in [-0.3, -0.25) is 0 Å². The molecule has 2 aromatic heterocycles. The van der Waals surface area contributed by atoms with E-state index >= 15 is 0 Å². The molecule has 82 valence electrons. The second-order valence-electron chi connectivity index (χ2n) is 2.92. The Bertz CT molecular complexity index is 509. The molecule has 2 heterocycles. The molecular weight excluding hydrogens is 230 g/mol. The van der Waals surface area contributed by atoms with Gasteiger partial charge in [-0.05, 0) is 30.8 Å². The summed E-state index contributed by atoms with van der Waals surface area (Å²) in [6, 6.07) is 2.94. The summed E-state index contributed by atoms with van der Waals surface area (Å²) in [5.41, 5.74) is 0.686. The molecule has 2 rings (SSSR count). The number of carboxylic acids is 1. The minimum absolute atomic E-state index is 0.0899. The van der Waals surface area contributed by atoms with E-state index in [4.69, 9.17) is 9.52 Å². The van der Waals surface area contributed by atoms with E-state index in [0.717, 1.165) is 5.69 Å². The number of carboxylic acid groups (broad SMARTS) is 1. The molecule has 6 nitrogen and oxygen atoms in total. The Kier molecular flexibility index (Phi) is 2.86. The van der Waals surface area contributed by atoms with Gasteiger partial charge in [0.2, 0.25) is 0 Å². The Balaban J connectivity index is 2.14. The highest BCUT2D eigenvalue weighted by Gasteiger charge is 2.08. The first kappa shape index (κ1) is 10.6. The Morgan fingerprint density at radius 2 is 2.25 bits per heavy atom. The fourth-order valence-electron chi connectivity index (χ4n) is 0.957. The van der Waals surface area contributed by atoms with Gasteiger partial charge in [-0.1, -0.05) is 0 Å². The number of hydrogen-bond donors (Lipinski definition) is 1. The fraction of sp³-hybridized carbons (Fsp3) is 0.111. The predicted octanol–water partition coefficient (Wildman–Crippen LogP) is 1.62. The number of aryl methyl sites for hydroxylation is 1. The van der Waals surface area contributed by atoms with Crippen LogP contribution in [0.5, 0.6) is 0 Å². The summed E-state index contributed by atoms with van der Waals surface area (Å²) in [5, 5.41) is 16.9. The third-order valence-electron chi connectivity index (χ3n) is 1.65. The van der Waals surface area contributed by atoms with E-state index in [1.54, 1.807) is 6.07 Å². The van der Waals surface area contributed by atoms with Gasteiger partial charge in [-0.2, -0.15) is 0 Å². The third-order valence-corrected chi connectivity index (χ3v) is 2.44. The number of rotatable bonds is 3. The van der Waals surface area contributed by atoms with Gasteiger partial charge in [0, 0.05) is 0 Å². The molecule has 2 aromatic rings. The van der Waals surface area contributed by atoms with E-state index in [2.05, 4.69) is 15.2 Å². The largest absolute Gasteiger partial charge is 0.476 e. The van der Waals surface area contributed by atoms with Crippen LogP contribution in [0.25, 0.3) is 0 Å². The van der Waals surface area contributed by atoms with Crippen molar-refractivity contribution in [2.45, 2.75) is 17.2 Å². The zero-order valence-corrected chi connectivity index (χ0v) is 9.06. The van der Waals surface area contributed by atoms with E-state index in [1.165, 1.54) is 24.1 Å². The average Bonchev–Trinajstić information content (AvgIpc) is 2.65. The second-order valence-corrected chi connectivity index (χ2v) is 3.89. The van der Waals surface area contributed by atoms with Gasteiger partial charge in [0.15, 0.2) is 5.69 Å². The smallest absolute Gasteiger partial charge is 0.356 e. The molecule has 7 heteroatoms. The molecule has 0 aliphatic rings. The fourth-order valence-corrected chi connectivity index (χ4v) is 1.64. The molecular formula is C9H7N3O3S. The average molecular weight is 237 g/mol. The van der Waals surface area contributed by atoms with Crippen LogP contribution < -0.4 is 0 Å². The summed E-state index contributed by atoms with van der Waals surface area (Å²) >= 11 is 1.18. The van der Waals surface area contributed by atoms with E-state index < -0.39 is 5.97 Å². The van der Waals surface area contributed by atoms with E-state index in [0.29, 0.717) is 10.2 Å². The lowest BCUT2D eigenvalue weighted by Gasteiger charge is -1.95. The number of aromatic nitrogens is 3. The van der Waals surface area contributed by atoms with Crippen molar-refractivity contribution in [2.24, 2.45) is 0 Å². The van der Waals surface area contributed by atoms with Crippen LogP contribution in [0.1, 0.15) is 16.2 Å². The molecule has 0 spiro atoms. The highest BCUT2D eigenvalue weighted by Crippen LogP contribution is 2.24. The normalized spacial score (nSPS) is 10.3. The Labute approximate surface area is 94.7 Å². The molecule has 16 heavy (non-hydrogen) atoms. The molecule has 0 saturated carbocycles. The standard InChI is InChI=1S/C9H7N3O3S/c1-5-4-15-9(10-5)16-7-3-2-6(8(13)14)11-12-7/h2-4H,1H3,(H,13,14). The molecule has 0 bridgehead atoms. The maximum Gasteiger partial charge on any atom is 0.356 e. The molecule has 0 atom stereocenters. The summed E-state index contributed by atoms with van der Waals surface area (Å²) in [4.78, 5) is 14.6. The first-order valence-corrected chi connectivity index (χ1v) is 5.14. The third kappa shape index (κ3) is 2.37. The van der Waals surface area contributed by atoms with Crippen molar-refractivity contribution in [3.05, 3.63) is 29.8 Å². The molecule has 0 radical (unpaired) electrons. The molecule has 0 aliphatic heterocycles. The summed E-state index contributed by atoms with van der Waals surface area (Å²) in [7, 11) is 0. The molecule has 0 aliphatic carbocycles. The van der Waals surface area contributed by atoms with Gasteiger partial charge >= 0.3 is 5.97 Å². The van der Waals surface area contributed by atoms with Crippen LogP contribution in [0.2, 0.25) is 0 Å². The molecule has 0 saturated heterocycles. The Morgan fingerprint density at radius 1 is 1.44 bits per heavy atom. The van der Waals surface area contributed by atoms with Crippen LogP contribution in [0.3, 0.4) is 0 Å².